The topological polar surface area (TPSA) is 93.3 Å². The zero-order valence-corrected chi connectivity index (χ0v) is 13.0. The van der Waals surface area contributed by atoms with E-state index in [9.17, 15) is 14.4 Å². The number of anilines is 1. The monoisotopic (exact) mass is 315 g/mol. The van der Waals surface area contributed by atoms with Crippen molar-refractivity contribution in [1.29, 1.82) is 0 Å². The van der Waals surface area contributed by atoms with E-state index in [-0.39, 0.29) is 16.8 Å². The maximum atomic E-state index is 12.6. The predicted molar refractivity (Wildman–Crippen MR) is 85.8 cm³/mol. The molecule has 0 saturated carbocycles. The summed E-state index contributed by atoms with van der Waals surface area (Å²) in [5, 5.41) is 11.2. The summed E-state index contributed by atoms with van der Waals surface area (Å²) < 4.78 is 3.06. The van der Waals surface area contributed by atoms with Gasteiger partial charge in [-0.25, -0.2) is 9.48 Å². The minimum Gasteiger partial charge on any atom is -0.478 e. The summed E-state index contributed by atoms with van der Waals surface area (Å²) in [4.78, 5) is 35.2. The molecule has 0 spiro atoms. The van der Waals surface area contributed by atoms with Crippen LogP contribution in [0, 0.1) is 6.92 Å². The number of hydrogen-bond acceptors (Lipinski definition) is 3. The van der Waals surface area contributed by atoms with Crippen molar-refractivity contribution in [2.24, 2.45) is 7.05 Å². The molecule has 0 unspecified atom stereocenters. The van der Waals surface area contributed by atoms with Crippen LogP contribution in [0.5, 0.6) is 0 Å². The molecular weight excluding hydrogens is 298 g/mol. The van der Waals surface area contributed by atoms with Crippen LogP contribution in [0.2, 0.25) is 0 Å². The number of nitrogens with zero attached hydrogens (tertiary/aromatic N) is 2. The molecule has 1 amide bonds. The Balaban J connectivity index is 2.45. The van der Waals surface area contributed by atoms with Crippen LogP contribution >= 0.6 is 0 Å². The molecule has 1 aromatic carbocycles. The van der Waals surface area contributed by atoms with Gasteiger partial charge in [0.15, 0.2) is 0 Å². The minimum absolute atomic E-state index is 0.00594. The lowest BCUT2D eigenvalue weighted by molar-refractivity contribution is -0.131. The van der Waals surface area contributed by atoms with E-state index in [0.717, 1.165) is 6.08 Å². The molecule has 0 bridgehead atoms. The second-order valence-corrected chi connectivity index (χ2v) is 5.06. The van der Waals surface area contributed by atoms with E-state index in [1.807, 2.05) is 18.2 Å². The number of para-hydroxylation sites is 1. The van der Waals surface area contributed by atoms with Crippen LogP contribution < -0.4 is 10.9 Å². The lowest BCUT2D eigenvalue weighted by Gasteiger charge is -2.07. The van der Waals surface area contributed by atoms with Gasteiger partial charge in [-0.2, -0.15) is 0 Å². The van der Waals surface area contributed by atoms with Crippen LogP contribution in [-0.2, 0) is 16.6 Å². The SMILES string of the molecule is C/C(=C\C(=O)O)C(=O)Nc1c(C)n(C)n(-c2ccccc2)c1=O. The third-order valence-corrected chi connectivity index (χ3v) is 3.49. The first-order valence-electron chi connectivity index (χ1n) is 6.89. The molecule has 1 heterocycles. The molecule has 0 fully saturated rings. The Morgan fingerprint density at radius 1 is 1.22 bits per heavy atom. The molecule has 0 saturated heterocycles. The zero-order valence-electron chi connectivity index (χ0n) is 13.0. The molecule has 0 aliphatic heterocycles. The first kappa shape index (κ1) is 16.3. The van der Waals surface area contributed by atoms with Gasteiger partial charge in [-0.1, -0.05) is 18.2 Å². The number of hydrogen-bond donors (Lipinski definition) is 2. The summed E-state index contributed by atoms with van der Waals surface area (Å²) in [5.41, 5.74) is 0.982. The Morgan fingerprint density at radius 2 is 1.83 bits per heavy atom. The second kappa shape index (κ2) is 6.35. The highest BCUT2D eigenvalue weighted by Crippen LogP contribution is 2.14. The highest BCUT2D eigenvalue weighted by molar-refractivity contribution is 6.06. The number of aliphatic carboxylic acids is 1. The van der Waals surface area contributed by atoms with Gasteiger partial charge in [-0.15, -0.1) is 0 Å². The van der Waals surface area contributed by atoms with Crippen molar-refractivity contribution in [3.05, 3.63) is 58.0 Å². The number of carbonyl (C=O) groups is 2. The molecule has 2 N–H and O–H groups in total. The van der Waals surface area contributed by atoms with E-state index < -0.39 is 11.9 Å². The van der Waals surface area contributed by atoms with Crippen molar-refractivity contribution in [2.75, 3.05) is 5.32 Å². The van der Waals surface area contributed by atoms with E-state index >= 15 is 0 Å². The smallest absolute Gasteiger partial charge is 0.328 e. The van der Waals surface area contributed by atoms with Crippen LogP contribution in [-0.4, -0.2) is 26.3 Å². The molecule has 7 heteroatoms. The highest BCUT2D eigenvalue weighted by atomic mass is 16.4. The van der Waals surface area contributed by atoms with Crippen LogP contribution in [0.15, 0.2) is 46.8 Å². The zero-order chi connectivity index (χ0) is 17.1. The molecule has 0 radical (unpaired) electrons. The van der Waals surface area contributed by atoms with E-state index in [1.165, 1.54) is 11.6 Å². The normalized spacial score (nSPS) is 11.3. The number of carboxylic acid groups (broad SMARTS) is 1. The van der Waals surface area contributed by atoms with Crippen molar-refractivity contribution in [2.45, 2.75) is 13.8 Å². The number of amides is 1. The molecule has 2 aromatic rings. The number of benzene rings is 1. The summed E-state index contributed by atoms with van der Waals surface area (Å²) in [6.45, 7) is 3.07. The number of rotatable bonds is 4. The van der Waals surface area contributed by atoms with Crippen LogP contribution in [0.4, 0.5) is 5.69 Å². The summed E-state index contributed by atoms with van der Waals surface area (Å²) in [7, 11) is 1.71. The van der Waals surface area contributed by atoms with Gasteiger partial charge in [-0.3, -0.25) is 14.3 Å². The van der Waals surface area contributed by atoms with Gasteiger partial charge in [0.1, 0.15) is 5.69 Å². The average molecular weight is 315 g/mol. The molecule has 2 rings (SSSR count). The van der Waals surface area contributed by atoms with Gasteiger partial charge in [0, 0.05) is 18.7 Å². The molecule has 0 aliphatic rings. The maximum Gasteiger partial charge on any atom is 0.328 e. The van der Waals surface area contributed by atoms with Gasteiger partial charge in [0.2, 0.25) is 0 Å². The number of nitrogens with one attached hydrogen (secondary N) is 1. The Hall–Kier alpha value is -3.09. The van der Waals surface area contributed by atoms with Gasteiger partial charge in [0.25, 0.3) is 11.5 Å². The Kier molecular flexibility index (Phi) is 4.49. The molecular formula is C16H17N3O4. The average Bonchev–Trinajstić information content (AvgIpc) is 2.71. The summed E-state index contributed by atoms with van der Waals surface area (Å²) in [6, 6.07) is 9.02. The third kappa shape index (κ3) is 3.23. The van der Waals surface area contributed by atoms with E-state index in [2.05, 4.69) is 5.32 Å². The fraction of sp³-hybridized carbons (Fsp3) is 0.188. The van der Waals surface area contributed by atoms with Crippen molar-refractivity contribution in [3.8, 4) is 5.69 Å². The maximum absolute atomic E-state index is 12.6. The molecule has 23 heavy (non-hydrogen) atoms. The fourth-order valence-corrected chi connectivity index (χ4v) is 2.18. The van der Waals surface area contributed by atoms with Gasteiger partial charge >= 0.3 is 5.97 Å². The van der Waals surface area contributed by atoms with E-state index in [4.69, 9.17) is 5.11 Å². The summed E-state index contributed by atoms with van der Waals surface area (Å²) in [6.07, 6.45) is 0.795. The molecule has 7 nitrogen and oxygen atoms in total. The number of aromatic nitrogens is 2. The quantitative estimate of drug-likeness (QED) is 0.835. The minimum atomic E-state index is -1.22. The van der Waals surface area contributed by atoms with Crippen molar-refractivity contribution in [1.82, 2.24) is 9.36 Å². The molecule has 0 aliphatic carbocycles. The lowest BCUT2D eigenvalue weighted by Crippen LogP contribution is -2.23. The largest absolute Gasteiger partial charge is 0.478 e. The summed E-state index contributed by atoms with van der Waals surface area (Å²) >= 11 is 0. The highest BCUT2D eigenvalue weighted by Gasteiger charge is 2.18. The van der Waals surface area contributed by atoms with Crippen LogP contribution in [0.1, 0.15) is 12.6 Å². The Morgan fingerprint density at radius 3 is 2.39 bits per heavy atom. The Labute approximate surface area is 132 Å². The second-order valence-electron chi connectivity index (χ2n) is 5.06. The lowest BCUT2D eigenvalue weighted by atomic mass is 10.2. The number of carbonyl (C=O) groups excluding carboxylic acids is 1. The van der Waals surface area contributed by atoms with Crippen molar-refractivity contribution < 1.29 is 14.7 Å². The Bertz CT molecular complexity index is 844. The standard InChI is InChI=1S/C16H17N3O4/c1-10(9-13(20)21)15(22)17-14-11(2)18(3)19(16(14)23)12-7-5-4-6-8-12/h4-9H,1-3H3,(H,17,22)(H,20,21)/b10-9+. The predicted octanol–water partition coefficient (Wildman–Crippen LogP) is 1.45. The van der Waals surface area contributed by atoms with E-state index in [1.54, 1.807) is 30.8 Å². The number of carboxylic acids is 1. The van der Waals surface area contributed by atoms with Crippen molar-refractivity contribution in [3.63, 3.8) is 0 Å². The third-order valence-electron chi connectivity index (χ3n) is 3.49. The molecule has 0 atom stereocenters. The molecule has 1 aromatic heterocycles. The van der Waals surface area contributed by atoms with Crippen LogP contribution in [0.3, 0.4) is 0 Å². The van der Waals surface area contributed by atoms with Gasteiger partial charge < -0.3 is 10.4 Å². The van der Waals surface area contributed by atoms with Crippen molar-refractivity contribution >= 4 is 17.6 Å². The van der Waals surface area contributed by atoms with Crippen LogP contribution in [0.25, 0.3) is 5.69 Å². The summed E-state index contributed by atoms with van der Waals surface area (Å²) in [5.74, 6) is -1.84. The van der Waals surface area contributed by atoms with Gasteiger partial charge in [-0.05, 0) is 26.0 Å². The van der Waals surface area contributed by atoms with Gasteiger partial charge in [0.05, 0.1) is 11.4 Å². The van der Waals surface area contributed by atoms with E-state index in [0.29, 0.717) is 11.4 Å². The molecule has 120 valence electrons. The first-order chi connectivity index (χ1) is 10.8. The first-order valence-corrected chi connectivity index (χ1v) is 6.89. The fourth-order valence-electron chi connectivity index (χ4n) is 2.18.